The van der Waals surface area contributed by atoms with Crippen molar-refractivity contribution in [2.75, 3.05) is 0 Å². The molecule has 0 aliphatic heterocycles. The van der Waals surface area contributed by atoms with Gasteiger partial charge in [0.2, 0.25) is 0 Å². The van der Waals surface area contributed by atoms with Crippen LogP contribution in [0.2, 0.25) is 5.15 Å². The van der Waals surface area contributed by atoms with E-state index in [0.717, 1.165) is 22.0 Å². The quantitative estimate of drug-likeness (QED) is 0.664. The number of rotatable bonds is 1. The van der Waals surface area contributed by atoms with Crippen molar-refractivity contribution in [2.24, 2.45) is 0 Å². The smallest absolute Gasteiger partial charge is 0.163 e. The molecule has 3 nitrogen and oxygen atoms in total. The summed E-state index contributed by atoms with van der Waals surface area (Å²) in [5, 5.41) is 1.60. The van der Waals surface area contributed by atoms with Gasteiger partial charge in [0.05, 0.1) is 0 Å². The van der Waals surface area contributed by atoms with Crippen molar-refractivity contribution in [2.45, 2.75) is 6.92 Å². The highest BCUT2D eigenvalue weighted by molar-refractivity contribution is 6.30. The average Bonchev–Trinajstić information content (AvgIpc) is 2.76. The Morgan fingerprint density at radius 1 is 1.24 bits per heavy atom. The first-order valence-corrected chi connectivity index (χ1v) is 5.69. The maximum atomic E-state index is 6.02. The van der Waals surface area contributed by atoms with Crippen LogP contribution < -0.4 is 0 Å². The Labute approximate surface area is 103 Å². The summed E-state index contributed by atoms with van der Waals surface area (Å²) in [6.07, 6.45) is 3.65. The van der Waals surface area contributed by atoms with Gasteiger partial charge >= 0.3 is 0 Å². The first-order chi connectivity index (χ1) is 8.25. The van der Waals surface area contributed by atoms with Crippen LogP contribution in [0.15, 0.2) is 36.7 Å². The molecule has 0 radical (unpaired) electrons. The number of halogens is 1. The Balaban J connectivity index is 2.24. The highest BCUT2D eigenvalue weighted by atomic mass is 35.5. The molecule has 0 spiro atoms. The molecule has 2 heterocycles. The number of hydrogen-bond acceptors (Lipinski definition) is 2. The van der Waals surface area contributed by atoms with Gasteiger partial charge in [0.1, 0.15) is 5.15 Å². The molecule has 17 heavy (non-hydrogen) atoms. The maximum absolute atomic E-state index is 6.02. The molecular formula is C13H10ClN3. The second-order valence-corrected chi connectivity index (χ2v) is 4.27. The molecule has 0 atom stereocenters. The molecule has 4 heteroatoms. The lowest BCUT2D eigenvalue weighted by atomic mass is 10.1. The van der Waals surface area contributed by atoms with Gasteiger partial charge in [0.15, 0.2) is 5.82 Å². The van der Waals surface area contributed by atoms with E-state index in [1.807, 2.05) is 37.4 Å². The number of H-pyrrole nitrogens is 1. The number of nitrogens with one attached hydrogen (secondary N) is 1. The molecule has 0 amide bonds. The summed E-state index contributed by atoms with van der Waals surface area (Å²) in [5.41, 5.74) is 2.93. The molecule has 2 aromatic heterocycles. The van der Waals surface area contributed by atoms with E-state index < -0.39 is 0 Å². The number of aromatic amines is 1. The number of benzene rings is 1. The van der Waals surface area contributed by atoms with Crippen molar-refractivity contribution in [3.8, 4) is 11.4 Å². The van der Waals surface area contributed by atoms with Gasteiger partial charge in [-0.2, -0.15) is 0 Å². The zero-order valence-corrected chi connectivity index (χ0v) is 9.99. The summed E-state index contributed by atoms with van der Waals surface area (Å²) in [6, 6.07) is 8.05. The van der Waals surface area contributed by atoms with Gasteiger partial charge in [-0.05, 0) is 13.0 Å². The maximum Gasteiger partial charge on any atom is 0.163 e. The minimum absolute atomic E-state index is 0.500. The lowest BCUT2D eigenvalue weighted by Gasteiger charge is -2.00. The minimum atomic E-state index is 0.500. The number of aryl methyl sites for hydroxylation is 1. The third-order valence-electron chi connectivity index (χ3n) is 2.74. The predicted molar refractivity (Wildman–Crippen MR) is 69.1 cm³/mol. The molecule has 0 aliphatic carbocycles. The molecule has 1 N–H and O–H groups in total. The van der Waals surface area contributed by atoms with E-state index in [1.54, 1.807) is 6.20 Å². The fourth-order valence-electron chi connectivity index (χ4n) is 1.81. The Kier molecular flexibility index (Phi) is 2.34. The van der Waals surface area contributed by atoms with Gasteiger partial charge in [-0.25, -0.2) is 9.97 Å². The molecule has 1 aromatic carbocycles. The summed E-state index contributed by atoms with van der Waals surface area (Å²) in [7, 11) is 0. The highest BCUT2D eigenvalue weighted by Crippen LogP contribution is 2.26. The molecule has 0 unspecified atom stereocenters. The molecule has 0 saturated heterocycles. The Morgan fingerprint density at radius 3 is 2.88 bits per heavy atom. The van der Waals surface area contributed by atoms with Crippen LogP contribution in [-0.2, 0) is 0 Å². The van der Waals surface area contributed by atoms with Crippen molar-refractivity contribution in [1.82, 2.24) is 15.0 Å². The van der Waals surface area contributed by atoms with E-state index in [9.17, 15) is 0 Å². The summed E-state index contributed by atoms with van der Waals surface area (Å²) in [5.74, 6) is 0.651. The largest absolute Gasteiger partial charge is 0.360 e. The molecule has 0 bridgehead atoms. The normalized spacial score (nSPS) is 10.9. The first kappa shape index (κ1) is 10.3. The van der Waals surface area contributed by atoms with Gasteiger partial charge in [-0.15, -0.1) is 0 Å². The lowest BCUT2D eigenvalue weighted by Crippen LogP contribution is -1.90. The second kappa shape index (κ2) is 3.86. The van der Waals surface area contributed by atoms with Crippen molar-refractivity contribution in [3.05, 3.63) is 47.4 Å². The van der Waals surface area contributed by atoms with Gasteiger partial charge in [0.25, 0.3) is 0 Å². The molecule has 3 rings (SSSR count). The lowest BCUT2D eigenvalue weighted by molar-refractivity contribution is 1.14. The van der Waals surface area contributed by atoms with Crippen molar-refractivity contribution in [3.63, 3.8) is 0 Å². The second-order valence-electron chi connectivity index (χ2n) is 3.92. The SMILES string of the molecule is Cc1cnc(-c2c[nH]c3ccccc23)nc1Cl. The Morgan fingerprint density at radius 2 is 2.06 bits per heavy atom. The van der Waals surface area contributed by atoms with Crippen LogP contribution in [0.5, 0.6) is 0 Å². The first-order valence-electron chi connectivity index (χ1n) is 5.31. The molecule has 84 valence electrons. The van der Waals surface area contributed by atoms with Crippen LogP contribution in [0.4, 0.5) is 0 Å². The van der Waals surface area contributed by atoms with Gasteiger partial charge in [0, 0.05) is 34.4 Å². The highest BCUT2D eigenvalue weighted by Gasteiger charge is 2.09. The van der Waals surface area contributed by atoms with Crippen LogP contribution >= 0.6 is 11.6 Å². The summed E-state index contributed by atoms with van der Waals surface area (Å²) >= 11 is 6.02. The van der Waals surface area contributed by atoms with E-state index in [1.165, 1.54) is 0 Å². The number of nitrogens with zero attached hydrogens (tertiary/aromatic N) is 2. The Bertz CT molecular complexity index is 688. The molecular weight excluding hydrogens is 234 g/mol. The third-order valence-corrected chi connectivity index (χ3v) is 3.12. The van der Waals surface area contributed by atoms with Crippen molar-refractivity contribution >= 4 is 22.5 Å². The summed E-state index contributed by atoms with van der Waals surface area (Å²) in [6.45, 7) is 1.89. The predicted octanol–water partition coefficient (Wildman–Crippen LogP) is 3.59. The topological polar surface area (TPSA) is 41.6 Å². The van der Waals surface area contributed by atoms with Crippen LogP contribution in [0.1, 0.15) is 5.56 Å². The summed E-state index contributed by atoms with van der Waals surface area (Å²) < 4.78 is 0. The fourth-order valence-corrected chi connectivity index (χ4v) is 1.94. The van der Waals surface area contributed by atoms with E-state index >= 15 is 0 Å². The van der Waals surface area contributed by atoms with Crippen molar-refractivity contribution in [1.29, 1.82) is 0 Å². The zero-order valence-electron chi connectivity index (χ0n) is 9.24. The van der Waals surface area contributed by atoms with Crippen LogP contribution in [0.3, 0.4) is 0 Å². The zero-order chi connectivity index (χ0) is 11.8. The monoisotopic (exact) mass is 243 g/mol. The molecule has 0 fully saturated rings. The van der Waals surface area contributed by atoms with Gasteiger partial charge < -0.3 is 4.98 Å². The number of para-hydroxylation sites is 1. The molecule has 0 aliphatic rings. The average molecular weight is 244 g/mol. The van der Waals surface area contributed by atoms with E-state index in [4.69, 9.17) is 11.6 Å². The van der Waals surface area contributed by atoms with E-state index in [2.05, 4.69) is 15.0 Å². The molecule has 3 aromatic rings. The van der Waals surface area contributed by atoms with E-state index in [-0.39, 0.29) is 0 Å². The van der Waals surface area contributed by atoms with Crippen LogP contribution in [0.25, 0.3) is 22.3 Å². The number of hydrogen-bond donors (Lipinski definition) is 1. The number of aromatic nitrogens is 3. The van der Waals surface area contributed by atoms with Gasteiger partial charge in [-0.3, -0.25) is 0 Å². The van der Waals surface area contributed by atoms with E-state index in [0.29, 0.717) is 11.0 Å². The third kappa shape index (κ3) is 1.68. The Hall–Kier alpha value is -1.87. The fraction of sp³-hybridized carbons (Fsp3) is 0.0769. The van der Waals surface area contributed by atoms with Crippen LogP contribution in [0, 0.1) is 6.92 Å². The standard InChI is InChI=1S/C13H10ClN3/c1-8-6-16-13(17-12(8)14)10-7-15-11-5-3-2-4-9(10)11/h2-7,15H,1H3. The van der Waals surface area contributed by atoms with Crippen molar-refractivity contribution < 1.29 is 0 Å². The van der Waals surface area contributed by atoms with Gasteiger partial charge in [-0.1, -0.05) is 29.8 Å². The number of fused-ring (bicyclic) bond motifs is 1. The van der Waals surface area contributed by atoms with Crippen LogP contribution in [-0.4, -0.2) is 15.0 Å². The molecule has 0 saturated carbocycles. The summed E-state index contributed by atoms with van der Waals surface area (Å²) in [4.78, 5) is 11.8. The minimum Gasteiger partial charge on any atom is -0.360 e.